The summed E-state index contributed by atoms with van der Waals surface area (Å²) in [7, 11) is 0. The number of nitrogens with one attached hydrogen (secondary N) is 2. The van der Waals surface area contributed by atoms with Crippen LogP contribution >= 0.6 is 0 Å². The molecule has 8 nitrogen and oxygen atoms in total. The van der Waals surface area contributed by atoms with Gasteiger partial charge in [0.2, 0.25) is 5.91 Å². The molecule has 1 atom stereocenters. The van der Waals surface area contributed by atoms with E-state index < -0.39 is 24.5 Å². The van der Waals surface area contributed by atoms with Crippen LogP contribution in [-0.2, 0) is 20.9 Å². The minimum atomic E-state index is -0.916. The predicted octanol–water partition coefficient (Wildman–Crippen LogP) is 2.10. The number of benzene rings is 1. The molecule has 1 aromatic heterocycles. The zero-order chi connectivity index (χ0) is 21.4. The van der Waals surface area contributed by atoms with Crippen molar-refractivity contribution >= 4 is 23.6 Å². The molecule has 0 unspecified atom stereocenters. The van der Waals surface area contributed by atoms with Gasteiger partial charge in [0.25, 0.3) is 5.91 Å². The highest BCUT2D eigenvalue weighted by Gasteiger charge is 2.27. The van der Waals surface area contributed by atoms with E-state index in [9.17, 15) is 19.2 Å². The number of ketones is 1. The number of esters is 1. The second kappa shape index (κ2) is 10.2. The number of amides is 2. The molecule has 0 saturated heterocycles. The summed E-state index contributed by atoms with van der Waals surface area (Å²) in [5, 5.41) is 5.22. The van der Waals surface area contributed by atoms with Gasteiger partial charge < -0.3 is 19.8 Å². The second-order valence-corrected chi connectivity index (χ2v) is 6.81. The first kappa shape index (κ1) is 21.9. The molecule has 0 bridgehead atoms. The maximum atomic E-state index is 12.4. The third-order valence-corrected chi connectivity index (χ3v) is 4.12. The summed E-state index contributed by atoms with van der Waals surface area (Å²) in [5.41, 5.74) is 1.22. The van der Waals surface area contributed by atoms with Gasteiger partial charge in [-0.05, 0) is 23.6 Å². The van der Waals surface area contributed by atoms with Gasteiger partial charge in [0.1, 0.15) is 6.04 Å². The SMILES string of the molecule is CC(=O)NCc1ccc(C(=O)COC(=O)[C@@H](NC(=O)c2ccco2)C(C)C)cc1. The summed E-state index contributed by atoms with van der Waals surface area (Å²) in [6, 6.07) is 8.77. The lowest BCUT2D eigenvalue weighted by molar-refractivity contribution is -0.146. The van der Waals surface area contributed by atoms with Gasteiger partial charge in [-0.1, -0.05) is 38.1 Å². The lowest BCUT2D eigenvalue weighted by Gasteiger charge is -2.20. The van der Waals surface area contributed by atoms with Crippen LogP contribution in [0.5, 0.6) is 0 Å². The normalized spacial score (nSPS) is 11.6. The van der Waals surface area contributed by atoms with Crippen molar-refractivity contribution < 1.29 is 28.3 Å². The van der Waals surface area contributed by atoms with E-state index in [2.05, 4.69) is 10.6 Å². The topological polar surface area (TPSA) is 115 Å². The van der Waals surface area contributed by atoms with Crippen LogP contribution in [0.4, 0.5) is 0 Å². The highest BCUT2D eigenvalue weighted by molar-refractivity contribution is 5.99. The zero-order valence-electron chi connectivity index (χ0n) is 16.6. The van der Waals surface area contributed by atoms with Crippen molar-refractivity contribution in [3.8, 4) is 0 Å². The van der Waals surface area contributed by atoms with Crippen LogP contribution < -0.4 is 10.6 Å². The quantitative estimate of drug-likeness (QED) is 0.492. The molecule has 8 heteroatoms. The van der Waals surface area contributed by atoms with E-state index in [1.165, 1.54) is 19.3 Å². The van der Waals surface area contributed by atoms with E-state index in [1.807, 2.05) is 0 Å². The van der Waals surface area contributed by atoms with Crippen molar-refractivity contribution in [1.29, 1.82) is 0 Å². The first-order chi connectivity index (χ1) is 13.8. The molecule has 0 aliphatic carbocycles. The molecule has 2 amide bonds. The Bertz CT molecular complexity index is 856. The molecule has 2 aromatic rings. The van der Waals surface area contributed by atoms with E-state index in [-0.39, 0.29) is 23.4 Å². The molecule has 29 heavy (non-hydrogen) atoms. The number of furan rings is 1. The number of carbonyl (C=O) groups excluding carboxylic acids is 4. The minimum absolute atomic E-state index is 0.0823. The molecule has 1 heterocycles. The molecule has 0 aliphatic rings. The Hall–Kier alpha value is -3.42. The van der Waals surface area contributed by atoms with Crippen LogP contribution in [0.15, 0.2) is 47.1 Å². The molecule has 2 N–H and O–H groups in total. The largest absolute Gasteiger partial charge is 0.459 e. The summed E-state index contributed by atoms with van der Waals surface area (Å²) < 4.78 is 10.1. The Morgan fingerprint density at radius 3 is 2.31 bits per heavy atom. The third kappa shape index (κ3) is 6.60. The van der Waals surface area contributed by atoms with Gasteiger partial charge in [0.05, 0.1) is 6.26 Å². The molecular formula is C21H24N2O6. The second-order valence-electron chi connectivity index (χ2n) is 6.81. The summed E-state index contributed by atoms with van der Waals surface area (Å²) in [6.45, 7) is 4.86. The summed E-state index contributed by atoms with van der Waals surface area (Å²) in [5.74, 6) is -1.91. The molecule has 154 valence electrons. The van der Waals surface area contributed by atoms with Gasteiger partial charge in [-0.25, -0.2) is 4.79 Å². The van der Waals surface area contributed by atoms with Crippen LogP contribution in [0.25, 0.3) is 0 Å². The summed E-state index contributed by atoms with van der Waals surface area (Å²) in [6.07, 6.45) is 1.36. The number of ether oxygens (including phenoxy) is 1. The van der Waals surface area contributed by atoms with Gasteiger partial charge in [0, 0.05) is 19.0 Å². The van der Waals surface area contributed by atoms with Gasteiger partial charge in [-0.3, -0.25) is 14.4 Å². The first-order valence-corrected chi connectivity index (χ1v) is 9.15. The molecule has 0 saturated carbocycles. The molecule has 0 spiro atoms. The van der Waals surface area contributed by atoms with Gasteiger partial charge in [0.15, 0.2) is 18.2 Å². The maximum Gasteiger partial charge on any atom is 0.329 e. The van der Waals surface area contributed by atoms with Crippen molar-refractivity contribution in [2.45, 2.75) is 33.4 Å². The van der Waals surface area contributed by atoms with Crippen molar-refractivity contribution in [1.82, 2.24) is 10.6 Å². The fourth-order valence-corrected chi connectivity index (χ4v) is 2.46. The molecule has 0 radical (unpaired) electrons. The van der Waals surface area contributed by atoms with Gasteiger partial charge >= 0.3 is 5.97 Å². The van der Waals surface area contributed by atoms with Crippen LogP contribution in [-0.4, -0.2) is 36.2 Å². The Morgan fingerprint density at radius 2 is 1.76 bits per heavy atom. The average molecular weight is 400 g/mol. The molecule has 0 aliphatic heterocycles. The standard InChI is InChI=1S/C21H24N2O6/c1-13(2)19(23-20(26)18-5-4-10-28-18)21(27)29-12-17(25)16-8-6-15(7-9-16)11-22-14(3)24/h4-10,13,19H,11-12H2,1-3H3,(H,22,24)(H,23,26)/t19-/m0/s1. The van der Waals surface area contributed by atoms with Crippen molar-refractivity contribution in [3.63, 3.8) is 0 Å². The predicted molar refractivity (Wildman–Crippen MR) is 104 cm³/mol. The fourth-order valence-electron chi connectivity index (χ4n) is 2.46. The first-order valence-electron chi connectivity index (χ1n) is 9.15. The minimum Gasteiger partial charge on any atom is -0.459 e. The fraction of sp³-hybridized carbons (Fsp3) is 0.333. The van der Waals surface area contributed by atoms with Crippen LogP contribution in [0.1, 0.15) is 47.2 Å². The Kier molecular flexibility index (Phi) is 7.70. The van der Waals surface area contributed by atoms with E-state index >= 15 is 0 Å². The average Bonchev–Trinajstić information content (AvgIpc) is 3.23. The van der Waals surface area contributed by atoms with Crippen LogP contribution in [0, 0.1) is 5.92 Å². The smallest absolute Gasteiger partial charge is 0.329 e. The monoisotopic (exact) mass is 400 g/mol. The van der Waals surface area contributed by atoms with Crippen LogP contribution in [0.3, 0.4) is 0 Å². The molecule has 2 rings (SSSR count). The molecular weight excluding hydrogens is 376 g/mol. The highest BCUT2D eigenvalue weighted by atomic mass is 16.5. The molecule has 0 fully saturated rings. The lowest BCUT2D eigenvalue weighted by Crippen LogP contribution is -2.45. The van der Waals surface area contributed by atoms with Crippen LogP contribution in [0.2, 0.25) is 0 Å². The van der Waals surface area contributed by atoms with Gasteiger partial charge in [-0.2, -0.15) is 0 Å². The van der Waals surface area contributed by atoms with E-state index in [0.29, 0.717) is 12.1 Å². The summed E-state index contributed by atoms with van der Waals surface area (Å²) >= 11 is 0. The van der Waals surface area contributed by atoms with Crippen molar-refractivity contribution in [2.75, 3.05) is 6.61 Å². The Balaban J connectivity index is 1.90. The number of Topliss-reactive ketones (excluding diaryl/α,β-unsaturated/α-hetero) is 1. The van der Waals surface area contributed by atoms with Crippen molar-refractivity contribution in [3.05, 3.63) is 59.5 Å². The third-order valence-electron chi connectivity index (χ3n) is 4.12. The maximum absolute atomic E-state index is 12.4. The van der Waals surface area contributed by atoms with Gasteiger partial charge in [-0.15, -0.1) is 0 Å². The zero-order valence-corrected chi connectivity index (χ0v) is 16.6. The Morgan fingerprint density at radius 1 is 1.07 bits per heavy atom. The number of carbonyl (C=O) groups is 4. The summed E-state index contributed by atoms with van der Waals surface area (Å²) in [4.78, 5) is 47.7. The van der Waals surface area contributed by atoms with E-state index in [1.54, 1.807) is 44.2 Å². The number of hydrogen-bond acceptors (Lipinski definition) is 6. The Labute approximate surface area is 168 Å². The highest BCUT2D eigenvalue weighted by Crippen LogP contribution is 2.09. The van der Waals surface area contributed by atoms with E-state index in [4.69, 9.17) is 9.15 Å². The molecule has 1 aromatic carbocycles. The van der Waals surface area contributed by atoms with Crippen molar-refractivity contribution in [2.24, 2.45) is 5.92 Å². The lowest BCUT2D eigenvalue weighted by atomic mass is 10.0. The van der Waals surface area contributed by atoms with E-state index in [0.717, 1.165) is 5.56 Å². The number of hydrogen-bond donors (Lipinski definition) is 2. The number of rotatable bonds is 9.